The highest BCUT2D eigenvalue weighted by Gasteiger charge is 2.21. The normalized spacial score (nSPS) is 13.8. The maximum Gasteiger partial charge on any atom is 0.143 e. The minimum Gasteiger partial charge on any atom is -0.361 e. The number of nitrogens with zero attached hydrogens (tertiary/aromatic N) is 1. The molecular formula is C10H20N2O. The molecule has 0 aromatic carbocycles. The van der Waals surface area contributed by atoms with Gasteiger partial charge in [0, 0.05) is 5.54 Å². The van der Waals surface area contributed by atoms with E-state index in [4.69, 9.17) is 15.7 Å². The van der Waals surface area contributed by atoms with E-state index in [1.54, 1.807) is 0 Å². The lowest BCUT2D eigenvalue weighted by Gasteiger charge is -2.27. The predicted molar refractivity (Wildman–Crippen MR) is 53.1 cm³/mol. The highest BCUT2D eigenvalue weighted by atomic mass is 16.5. The van der Waals surface area contributed by atoms with Crippen molar-refractivity contribution in [1.29, 1.82) is 5.26 Å². The Morgan fingerprint density at radius 3 is 2.23 bits per heavy atom. The van der Waals surface area contributed by atoms with Crippen LogP contribution in [0.2, 0.25) is 0 Å². The molecule has 0 fully saturated rings. The predicted octanol–water partition coefficient (Wildman–Crippen LogP) is 1.82. The molecule has 0 aromatic rings. The van der Waals surface area contributed by atoms with Crippen molar-refractivity contribution in [2.24, 2.45) is 5.73 Å². The van der Waals surface area contributed by atoms with Crippen molar-refractivity contribution in [3.63, 3.8) is 0 Å². The van der Waals surface area contributed by atoms with Gasteiger partial charge in [-0.15, -0.1) is 0 Å². The average molecular weight is 184 g/mol. The van der Waals surface area contributed by atoms with E-state index in [1.165, 1.54) is 0 Å². The van der Waals surface area contributed by atoms with Crippen LogP contribution in [0.5, 0.6) is 0 Å². The average Bonchev–Trinajstić information content (AvgIpc) is 2.19. The largest absolute Gasteiger partial charge is 0.361 e. The van der Waals surface area contributed by atoms with Crippen LogP contribution < -0.4 is 5.73 Å². The van der Waals surface area contributed by atoms with Gasteiger partial charge in [0.2, 0.25) is 0 Å². The summed E-state index contributed by atoms with van der Waals surface area (Å²) in [5.74, 6) is 0. The van der Waals surface area contributed by atoms with Crippen LogP contribution in [0.3, 0.4) is 0 Å². The van der Waals surface area contributed by atoms with Gasteiger partial charge in [-0.1, -0.05) is 20.8 Å². The first kappa shape index (κ1) is 12.4. The second-order valence-electron chi connectivity index (χ2n) is 3.41. The van der Waals surface area contributed by atoms with E-state index in [0.29, 0.717) is 6.61 Å². The molecule has 0 aliphatic heterocycles. The molecule has 0 saturated carbocycles. The molecule has 0 spiro atoms. The number of nitriles is 1. The third kappa shape index (κ3) is 4.25. The Kier molecular flexibility index (Phi) is 5.68. The fraction of sp³-hybridized carbons (Fsp3) is 0.900. The van der Waals surface area contributed by atoms with Crippen LogP contribution in [-0.2, 0) is 4.74 Å². The lowest BCUT2D eigenvalue weighted by Crippen LogP contribution is -2.44. The maximum absolute atomic E-state index is 8.65. The highest BCUT2D eigenvalue weighted by molar-refractivity contribution is 4.86. The van der Waals surface area contributed by atoms with Crippen LogP contribution in [-0.4, -0.2) is 18.2 Å². The third-order valence-electron chi connectivity index (χ3n) is 2.50. The molecule has 0 aromatic heterocycles. The quantitative estimate of drug-likeness (QED) is 0.685. The Morgan fingerprint density at radius 1 is 1.38 bits per heavy atom. The maximum atomic E-state index is 8.65. The highest BCUT2D eigenvalue weighted by Crippen LogP contribution is 2.13. The minimum atomic E-state index is -0.305. The monoisotopic (exact) mass is 184 g/mol. The smallest absolute Gasteiger partial charge is 0.143 e. The van der Waals surface area contributed by atoms with Gasteiger partial charge in [0.15, 0.2) is 0 Å². The number of hydrogen-bond acceptors (Lipinski definition) is 3. The molecule has 0 aliphatic carbocycles. The van der Waals surface area contributed by atoms with Gasteiger partial charge >= 0.3 is 0 Å². The zero-order chi connectivity index (χ0) is 10.3. The van der Waals surface area contributed by atoms with E-state index in [0.717, 1.165) is 19.3 Å². The topological polar surface area (TPSA) is 59.0 Å². The Balaban J connectivity index is 3.92. The van der Waals surface area contributed by atoms with Crippen molar-refractivity contribution in [3.8, 4) is 6.07 Å². The number of nitrogens with two attached hydrogens (primary N) is 1. The number of ether oxygens (including phenoxy) is 1. The van der Waals surface area contributed by atoms with E-state index in [-0.39, 0.29) is 11.6 Å². The second kappa shape index (κ2) is 5.95. The summed E-state index contributed by atoms with van der Waals surface area (Å²) in [6.07, 6.45) is 2.18. The summed E-state index contributed by atoms with van der Waals surface area (Å²) in [6, 6.07) is 2.09. The molecule has 2 N–H and O–H groups in total. The molecule has 1 atom stereocenters. The number of hydrogen-bond donors (Lipinski definition) is 1. The van der Waals surface area contributed by atoms with Gasteiger partial charge in [0.1, 0.15) is 6.10 Å². The van der Waals surface area contributed by atoms with Crippen molar-refractivity contribution >= 4 is 0 Å². The molecule has 76 valence electrons. The molecule has 0 radical (unpaired) electrons. The summed E-state index contributed by atoms with van der Waals surface area (Å²) < 4.78 is 5.40. The molecule has 3 heteroatoms. The van der Waals surface area contributed by atoms with E-state index < -0.39 is 0 Å². The fourth-order valence-electron chi connectivity index (χ4n) is 0.967. The Hall–Kier alpha value is -0.590. The van der Waals surface area contributed by atoms with Gasteiger partial charge in [-0.25, -0.2) is 0 Å². The van der Waals surface area contributed by atoms with Gasteiger partial charge < -0.3 is 10.5 Å². The summed E-state index contributed by atoms with van der Waals surface area (Å²) in [5.41, 5.74) is 5.76. The number of rotatable bonds is 6. The molecule has 0 saturated heterocycles. The van der Waals surface area contributed by atoms with Crippen LogP contribution in [0, 0.1) is 11.3 Å². The van der Waals surface area contributed by atoms with Crippen molar-refractivity contribution in [1.82, 2.24) is 0 Å². The molecule has 0 heterocycles. The summed E-state index contributed by atoms with van der Waals surface area (Å²) in [5, 5.41) is 8.65. The zero-order valence-electron chi connectivity index (χ0n) is 8.84. The van der Waals surface area contributed by atoms with Crippen LogP contribution in [0.15, 0.2) is 0 Å². The SMILES string of the molecule is CCC(C#N)OCC(N)(CC)CC. The standard InChI is InChI=1S/C10H20N2O/c1-4-9(7-11)13-8-10(12,5-2)6-3/h9H,4-6,8,12H2,1-3H3. The molecule has 0 amide bonds. The first-order valence-electron chi connectivity index (χ1n) is 4.92. The first-order chi connectivity index (χ1) is 6.11. The second-order valence-corrected chi connectivity index (χ2v) is 3.41. The van der Waals surface area contributed by atoms with E-state index in [9.17, 15) is 0 Å². The lowest BCUT2D eigenvalue weighted by molar-refractivity contribution is 0.0448. The van der Waals surface area contributed by atoms with Gasteiger partial charge in [-0.2, -0.15) is 5.26 Å². The molecular weight excluding hydrogens is 164 g/mol. The van der Waals surface area contributed by atoms with Crippen molar-refractivity contribution in [2.45, 2.75) is 51.7 Å². The molecule has 1 unspecified atom stereocenters. The third-order valence-corrected chi connectivity index (χ3v) is 2.50. The zero-order valence-corrected chi connectivity index (χ0v) is 8.84. The Bertz CT molecular complexity index is 170. The fourth-order valence-corrected chi connectivity index (χ4v) is 0.967. The molecule has 0 aliphatic rings. The van der Waals surface area contributed by atoms with E-state index >= 15 is 0 Å². The summed E-state index contributed by atoms with van der Waals surface area (Å²) in [7, 11) is 0. The van der Waals surface area contributed by atoms with Gasteiger partial charge in [0.25, 0.3) is 0 Å². The van der Waals surface area contributed by atoms with Gasteiger partial charge in [-0.3, -0.25) is 0 Å². The Labute approximate surface area is 80.9 Å². The van der Waals surface area contributed by atoms with Crippen LogP contribution in [0.25, 0.3) is 0 Å². The molecule has 3 nitrogen and oxygen atoms in total. The van der Waals surface area contributed by atoms with E-state index in [1.807, 2.05) is 20.8 Å². The first-order valence-corrected chi connectivity index (χ1v) is 4.92. The van der Waals surface area contributed by atoms with Crippen molar-refractivity contribution in [2.75, 3.05) is 6.61 Å². The minimum absolute atomic E-state index is 0.260. The summed E-state index contributed by atoms with van der Waals surface area (Å²) in [6.45, 7) is 6.50. The summed E-state index contributed by atoms with van der Waals surface area (Å²) >= 11 is 0. The van der Waals surface area contributed by atoms with Crippen molar-refractivity contribution in [3.05, 3.63) is 0 Å². The van der Waals surface area contributed by atoms with Crippen LogP contribution in [0.4, 0.5) is 0 Å². The molecule has 0 rings (SSSR count). The van der Waals surface area contributed by atoms with Crippen LogP contribution >= 0.6 is 0 Å². The lowest BCUT2D eigenvalue weighted by atomic mass is 9.95. The van der Waals surface area contributed by atoms with Gasteiger partial charge in [0.05, 0.1) is 12.7 Å². The molecule has 0 bridgehead atoms. The van der Waals surface area contributed by atoms with Crippen molar-refractivity contribution < 1.29 is 4.74 Å². The molecule has 13 heavy (non-hydrogen) atoms. The van der Waals surface area contributed by atoms with Gasteiger partial charge in [-0.05, 0) is 19.3 Å². The van der Waals surface area contributed by atoms with E-state index in [2.05, 4.69) is 6.07 Å². The van der Waals surface area contributed by atoms with Crippen LogP contribution in [0.1, 0.15) is 40.0 Å². The Morgan fingerprint density at radius 2 is 1.92 bits per heavy atom. The summed E-state index contributed by atoms with van der Waals surface area (Å²) in [4.78, 5) is 0.